The van der Waals surface area contributed by atoms with Crippen molar-refractivity contribution in [2.24, 2.45) is 5.73 Å². The number of nitriles is 1. The van der Waals surface area contributed by atoms with Gasteiger partial charge in [-0.05, 0) is 49.1 Å². The first-order valence-electron chi connectivity index (χ1n) is 4.81. The zero-order valence-corrected chi connectivity index (χ0v) is 8.96. The van der Waals surface area contributed by atoms with Gasteiger partial charge in [-0.15, -0.1) is 0 Å². The van der Waals surface area contributed by atoms with E-state index in [0.717, 1.165) is 11.1 Å². The fourth-order valence-electron chi connectivity index (χ4n) is 1.65. The van der Waals surface area contributed by atoms with Gasteiger partial charge in [-0.25, -0.2) is 0 Å². The molecule has 0 radical (unpaired) electrons. The minimum atomic E-state index is 0.322. The molecule has 0 aliphatic carbocycles. The summed E-state index contributed by atoms with van der Waals surface area (Å²) in [5.74, 6) is 0.322. The van der Waals surface area contributed by atoms with Crippen LogP contribution in [0.1, 0.15) is 35.1 Å². The third-order valence-electron chi connectivity index (χ3n) is 2.62. The summed E-state index contributed by atoms with van der Waals surface area (Å²) in [4.78, 5) is 0. The number of nitrogens with zero attached hydrogens (tertiary/aromatic N) is 1. The van der Waals surface area contributed by atoms with Crippen LogP contribution in [0.15, 0.2) is 12.1 Å². The highest BCUT2D eigenvalue weighted by atomic mass is 14.5. The second-order valence-corrected chi connectivity index (χ2v) is 3.77. The van der Waals surface area contributed by atoms with Gasteiger partial charge in [0.1, 0.15) is 0 Å². The molecule has 0 spiro atoms. The highest BCUT2D eigenvalue weighted by molar-refractivity contribution is 5.45. The molecule has 1 atom stereocenters. The predicted octanol–water partition coefficient (Wildman–Crippen LogP) is 2.24. The number of aryl methyl sites for hydroxylation is 2. The van der Waals surface area contributed by atoms with E-state index in [0.29, 0.717) is 12.5 Å². The molecule has 0 fully saturated rings. The lowest BCUT2D eigenvalue weighted by Crippen LogP contribution is -2.10. The molecule has 2 N–H and O–H groups in total. The Morgan fingerprint density at radius 2 is 2.00 bits per heavy atom. The van der Waals surface area contributed by atoms with Crippen LogP contribution in [-0.2, 0) is 0 Å². The summed E-state index contributed by atoms with van der Waals surface area (Å²) in [6, 6.07) is 6.22. The summed E-state index contributed by atoms with van der Waals surface area (Å²) in [5.41, 5.74) is 9.83. The van der Waals surface area contributed by atoms with Crippen molar-refractivity contribution in [1.82, 2.24) is 0 Å². The molecule has 1 aromatic rings. The summed E-state index contributed by atoms with van der Waals surface area (Å²) in [6.07, 6.45) is 0. The quantitative estimate of drug-likeness (QED) is 0.773. The minimum absolute atomic E-state index is 0.322. The molecular weight excluding hydrogens is 172 g/mol. The Balaban J connectivity index is 3.26. The molecule has 2 heteroatoms. The van der Waals surface area contributed by atoms with Crippen LogP contribution in [0.3, 0.4) is 0 Å². The van der Waals surface area contributed by atoms with Crippen LogP contribution in [0.25, 0.3) is 0 Å². The molecule has 0 saturated heterocycles. The lowest BCUT2D eigenvalue weighted by molar-refractivity contribution is 0.767. The molecule has 0 bridgehead atoms. The van der Waals surface area contributed by atoms with Crippen molar-refractivity contribution in [3.8, 4) is 6.07 Å². The van der Waals surface area contributed by atoms with Crippen molar-refractivity contribution in [3.05, 3.63) is 34.4 Å². The zero-order valence-electron chi connectivity index (χ0n) is 8.96. The lowest BCUT2D eigenvalue weighted by Gasteiger charge is -2.13. The zero-order chi connectivity index (χ0) is 10.7. The van der Waals surface area contributed by atoms with Gasteiger partial charge < -0.3 is 5.73 Å². The number of hydrogen-bond donors (Lipinski definition) is 1. The standard InChI is InChI=1S/C12H16N2/c1-8-4-9(2)12(10(3)6-13)5-11(8)7-14/h4-5,10H,6,13H2,1-3H3. The largest absolute Gasteiger partial charge is 0.330 e. The Bertz CT molecular complexity index is 375. The van der Waals surface area contributed by atoms with Gasteiger partial charge in [0.25, 0.3) is 0 Å². The van der Waals surface area contributed by atoms with Crippen LogP contribution in [0.4, 0.5) is 0 Å². The van der Waals surface area contributed by atoms with Gasteiger partial charge in [-0.3, -0.25) is 0 Å². The summed E-state index contributed by atoms with van der Waals surface area (Å²) in [5, 5.41) is 8.91. The van der Waals surface area contributed by atoms with Gasteiger partial charge >= 0.3 is 0 Å². The summed E-state index contributed by atoms with van der Waals surface area (Å²) < 4.78 is 0. The molecule has 1 rings (SSSR count). The molecule has 0 heterocycles. The van der Waals surface area contributed by atoms with Crippen molar-refractivity contribution in [2.75, 3.05) is 6.54 Å². The Kier molecular flexibility index (Phi) is 3.27. The smallest absolute Gasteiger partial charge is 0.0994 e. The van der Waals surface area contributed by atoms with E-state index in [1.54, 1.807) is 0 Å². The molecular formula is C12H16N2. The van der Waals surface area contributed by atoms with Crippen LogP contribution in [0, 0.1) is 25.2 Å². The van der Waals surface area contributed by atoms with Crippen LogP contribution in [-0.4, -0.2) is 6.54 Å². The van der Waals surface area contributed by atoms with E-state index in [1.807, 2.05) is 13.0 Å². The lowest BCUT2D eigenvalue weighted by atomic mass is 9.92. The molecule has 1 unspecified atom stereocenters. The average molecular weight is 188 g/mol. The molecule has 14 heavy (non-hydrogen) atoms. The third kappa shape index (κ3) is 1.94. The first-order chi connectivity index (χ1) is 6.60. The Labute approximate surface area is 85.4 Å². The number of rotatable bonds is 2. The number of hydrogen-bond acceptors (Lipinski definition) is 2. The van der Waals surface area contributed by atoms with Gasteiger partial charge in [0.2, 0.25) is 0 Å². The summed E-state index contributed by atoms with van der Waals surface area (Å²) in [6.45, 7) is 6.73. The van der Waals surface area contributed by atoms with Gasteiger partial charge in [0, 0.05) is 0 Å². The van der Waals surface area contributed by atoms with E-state index >= 15 is 0 Å². The maximum absolute atomic E-state index is 8.91. The van der Waals surface area contributed by atoms with Crippen LogP contribution >= 0.6 is 0 Å². The van der Waals surface area contributed by atoms with Crippen LogP contribution in [0.2, 0.25) is 0 Å². The third-order valence-corrected chi connectivity index (χ3v) is 2.62. The van der Waals surface area contributed by atoms with Crippen LogP contribution < -0.4 is 5.73 Å². The van der Waals surface area contributed by atoms with Crippen molar-refractivity contribution in [2.45, 2.75) is 26.7 Å². The molecule has 0 saturated carbocycles. The molecule has 2 nitrogen and oxygen atoms in total. The topological polar surface area (TPSA) is 49.8 Å². The van der Waals surface area contributed by atoms with E-state index in [1.165, 1.54) is 11.1 Å². The monoisotopic (exact) mass is 188 g/mol. The van der Waals surface area contributed by atoms with E-state index in [9.17, 15) is 0 Å². The Hall–Kier alpha value is -1.33. The van der Waals surface area contributed by atoms with Gasteiger partial charge in [-0.2, -0.15) is 5.26 Å². The Morgan fingerprint density at radius 1 is 1.36 bits per heavy atom. The van der Waals surface area contributed by atoms with Gasteiger partial charge in [0.15, 0.2) is 0 Å². The van der Waals surface area contributed by atoms with Crippen LogP contribution in [0.5, 0.6) is 0 Å². The second-order valence-electron chi connectivity index (χ2n) is 3.77. The summed E-state index contributed by atoms with van der Waals surface area (Å²) >= 11 is 0. The van der Waals surface area contributed by atoms with Gasteiger partial charge in [0.05, 0.1) is 11.6 Å². The van der Waals surface area contributed by atoms with E-state index in [-0.39, 0.29) is 0 Å². The molecule has 0 amide bonds. The molecule has 1 aromatic carbocycles. The minimum Gasteiger partial charge on any atom is -0.330 e. The SMILES string of the molecule is Cc1cc(C)c(C(C)CN)cc1C#N. The van der Waals surface area contributed by atoms with Gasteiger partial charge in [-0.1, -0.05) is 13.0 Å². The first-order valence-corrected chi connectivity index (χ1v) is 4.81. The maximum atomic E-state index is 8.91. The number of nitrogens with two attached hydrogens (primary N) is 1. The maximum Gasteiger partial charge on any atom is 0.0994 e. The molecule has 74 valence electrons. The highest BCUT2D eigenvalue weighted by Gasteiger charge is 2.09. The van der Waals surface area contributed by atoms with E-state index in [2.05, 4.69) is 26.0 Å². The van der Waals surface area contributed by atoms with Crippen molar-refractivity contribution in [1.29, 1.82) is 5.26 Å². The molecule has 0 aliphatic rings. The van der Waals surface area contributed by atoms with E-state index < -0.39 is 0 Å². The number of benzene rings is 1. The first kappa shape index (κ1) is 10.7. The van der Waals surface area contributed by atoms with Crippen molar-refractivity contribution in [3.63, 3.8) is 0 Å². The van der Waals surface area contributed by atoms with E-state index in [4.69, 9.17) is 11.0 Å². The fourth-order valence-corrected chi connectivity index (χ4v) is 1.65. The average Bonchev–Trinajstić information content (AvgIpc) is 2.17. The second kappa shape index (κ2) is 4.26. The highest BCUT2D eigenvalue weighted by Crippen LogP contribution is 2.22. The molecule has 0 aliphatic heterocycles. The van der Waals surface area contributed by atoms with Crippen molar-refractivity contribution < 1.29 is 0 Å². The normalized spacial score (nSPS) is 12.2. The fraction of sp³-hybridized carbons (Fsp3) is 0.417. The van der Waals surface area contributed by atoms with Crippen molar-refractivity contribution >= 4 is 0 Å². The predicted molar refractivity (Wildman–Crippen MR) is 58.1 cm³/mol. The Morgan fingerprint density at radius 3 is 2.50 bits per heavy atom. The molecule has 0 aromatic heterocycles. The summed E-state index contributed by atoms with van der Waals surface area (Å²) in [7, 11) is 0.